The van der Waals surface area contributed by atoms with Crippen LogP contribution < -0.4 is 0 Å². The van der Waals surface area contributed by atoms with Gasteiger partial charge in [0.25, 0.3) is 0 Å². The predicted octanol–water partition coefficient (Wildman–Crippen LogP) is 7.31. The molecule has 32 heavy (non-hydrogen) atoms. The maximum atomic E-state index is 13.9. The van der Waals surface area contributed by atoms with Crippen molar-refractivity contribution in [2.24, 2.45) is 4.36 Å². The summed E-state index contributed by atoms with van der Waals surface area (Å²) >= 11 is 1.69. The van der Waals surface area contributed by atoms with Crippen LogP contribution in [0.25, 0.3) is 21.7 Å². The lowest BCUT2D eigenvalue weighted by molar-refractivity contribution is 0.669. The summed E-state index contributed by atoms with van der Waals surface area (Å²) in [6, 6.07) is 21.8. The molecule has 4 rings (SSSR count). The molecule has 1 unspecified atom stereocenters. The smallest absolute Gasteiger partial charge is 0.162 e. The van der Waals surface area contributed by atoms with Gasteiger partial charge in [0, 0.05) is 21.9 Å². The van der Waals surface area contributed by atoms with Gasteiger partial charge in [-0.15, -0.1) is 11.3 Å². The number of aryl methyl sites for hydroxylation is 2. The van der Waals surface area contributed by atoms with Crippen LogP contribution in [0.5, 0.6) is 0 Å². The summed E-state index contributed by atoms with van der Waals surface area (Å²) in [6.07, 6.45) is 2.62. The number of hydrogen-bond acceptors (Lipinski definition) is 5. The third-order valence-electron chi connectivity index (χ3n) is 5.22. The topological polar surface area (TPSA) is 55.2 Å². The summed E-state index contributed by atoms with van der Waals surface area (Å²) in [5, 5.41) is 0.940. The number of rotatable bonds is 6. The Morgan fingerprint density at radius 1 is 1.00 bits per heavy atom. The minimum Gasteiger partial charge on any atom is -0.244 e. The fourth-order valence-corrected chi connectivity index (χ4v) is 6.30. The van der Waals surface area contributed by atoms with Crippen LogP contribution in [0.4, 0.5) is 5.82 Å². The van der Waals surface area contributed by atoms with Crippen LogP contribution in [-0.2, 0) is 16.1 Å². The molecule has 1 atom stereocenters. The zero-order chi connectivity index (χ0) is 22.7. The van der Waals surface area contributed by atoms with Crippen molar-refractivity contribution in [2.45, 2.75) is 44.3 Å². The van der Waals surface area contributed by atoms with Gasteiger partial charge < -0.3 is 0 Å². The molecule has 0 aliphatic heterocycles. The van der Waals surface area contributed by atoms with Crippen molar-refractivity contribution in [3.05, 3.63) is 83.5 Å². The molecule has 0 aliphatic carbocycles. The van der Waals surface area contributed by atoms with Crippen LogP contribution in [0.1, 0.15) is 31.3 Å². The summed E-state index contributed by atoms with van der Waals surface area (Å²) in [4.78, 5) is 11.2. The molecule has 6 heteroatoms. The van der Waals surface area contributed by atoms with Crippen molar-refractivity contribution in [1.82, 2.24) is 9.97 Å². The van der Waals surface area contributed by atoms with E-state index in [1.807, 2.05) is 56.3 Å². The Balaban J connectivity index is 1.85. The number of nitrogens with zero attached hydrogens (tertiary/aromatic N) is 3. The molecular formula is C26H27N3OS2. The first-order valence-corrected chi connectivity index (χ1v) is 13.1. The second-order valence-corrected chi connectivity index (χ2v) is 11.8. The van der Waals surface area contributed by atoms with Gasteiger partial charge in [0.2, 0.25) is 0 Å². The molecule has 0 aliphatic rings. The molecule has 0 amide bonds. The molecule has 0 saturated carbocycles. The molecule has 4 nitrogen and oxygen atoms in total. The first-order chi connectivity index (χ1) is 15.4. The van der Waals surface area contributed by atoms with E-state index in [0.717, 1.165) is 38.0 Å². The largest absolute Gasteiger partial charge is 0.244 e. The van der Waals surface area contributed by atoms with Crippen molar-refractivity contribution in [2.75, 3.05) is 0 Å². The molecule has 0 bridgehead atoms. The third-order valence-corrected chi connectivity index (χ3v) is 9.15. The number of thiazole rings is 1. The first kappa shape index (κ1) is 22.4. The summed E-state index contributed by atoms with van der Waals surface area (Å²) < 4.78 is 18.6. The van der Waals surface area contributed by atoms with Gasteiger partial charge in [0.1, 0.15) is 0 Å². The second-order valence-electron chi connectivity index (χ2n) is 7.93. The van der Waals surface area contributed by atoms with Gasteiger partial charge in [-0.3, -0.25) is 0 Å². The maximum Gasteiger partial charge on any atom is 0.162 e. The standard InChI is InChI=1S/C26H27N3OS2/c1-5-24-28-25(20-11-9-10-19(4)16-20)26(31-24)21-14-15-27-23(17-21)29-32(30,18(2)3)22-12-7-6-8-13-22/h6-18H,5H2,1-4H3. The van der Waals surface area contributed by atoms with E-state index < -0.39 is 9.73 Å². The highest BCUT2D eigenvalue weighted by molar-refractivity contribution is 7.94. The number of benzene rings is 2. The van der Waals surface area contributed by atoms with Gasteiger partial charge in [0.05, 0.1) is 25.3 Å². The Bertz CT molecular complexity index is 1350. The van der Waals surface area contributed by atoms with Gasteiger partial charge in [-0.1, -0.05) is 48.9 Å². The normalized spacial score (nSPS) is 13.2. The van der Waals surface area contributed by atoms with Gasteiger partial charge in [-0.05, 0) is 63.1 Å². The molecule has 164 valence electrons. The van der Waals surface area contributed by atoms with E-state index in [9.17, 15) is 4.21 Å². The zero-order valence-corrected chi connectivity index (χ0v) is 20.4. The van der Waals surface area contributed by atoms with Crippen LogP contribution >= 0.6 is 11.3 Å². The van der Waals surface area contributed by atoms with E-state index in [-0.39, 0.29) is 5.25 Å². The minimum absolute atomic E-state index is 0.145. The van der Waals surface area contributed by atoms with Crippen molar-refractivity contribution >= 4 is 26.9 Å². The Labute approximate surface area is 194 Å². The molecule has 0 N–H and O–H groups in total. The zero-order valence-electron chi connectivity index (χ0n) is 18.8. The predicted molar refractivity (Wildman–Crippen MR) is 135 cm³/mol. The Hall–Kier alpha value is -2.83. The van der Waals surface area contributed by atoms with E-state index in [1.54, 1.807) is 17.5 Å². The minimum atomic E-state index is -2.65. The second kappa shape index (κ2) is 9.35. The lowest BCUT2D eigenvalue weighted by Gasteiger charge is -2.14. The quantitative estimate of drug-likeness (QED) is 0.302. The maximum absolute atomic E-state index is 13.9. The van der Waals surface area contributed by atoms with Gasteiger partial charge >= 0.3 is 0 Å². The molecule has 0 spiro atoms. The number of hydrogen-bond donors (Lipinski definition) is 0. The van der Waals surface area contributed by atoms with E-state index in [2.05, 4.69) is 43.1 Å². The summed E-state index contributed by atoms with van der Waals surface area (Å²) in [5.41, 5.74) is 4.26. The van der Waals surface area contributed by atoms with Crippen molar-refractivity contribution in [1.29, 1.82) is 0 Å². The van der Waals surface area contributed by atoms with E-state index in [4.69, 9.17) is 9.35 Å². The van der Waals surface area contributed by atoms with Crippen molar-refractivity contribution in [3.63, 3.8) is 0 Å². The summed E-state index contributed by atoms with van der Waals surface area (Å²) in [5.74, 6) is 0.478. The molecular weight excluding hydrogens is 434 g/mol. The van der Waals surface area contributed by atoms with E-state index >= 15 is 0 Å². The fourth-order valence-electron chi connectivity index (χ4n) is 3.49. The first-order valence-electron chi connectivity index (χ1n) is 10.7. The van der Waals surface area contributed by atoms with Crippen LogP contribution in [0.2, 0.25) is 0 Å². The summed E-state index contributed by atoms with van der Waals surface area (Å²) in [6.45, 7) is 8.09. The highest BCUT2D eigenvalue weighted by atomic mass is 32.2. The molecule has 2 aromatic carbocycles. The van der Waals surface area contributed by atoms with Crippen molar-refractivity contribution < 1.29 is 4.21 Å². The van der Waals surface area contributed by atoms with Crippen molar-refractivity contribution in [3.8, 4) is 21.7 Å². The monoisotopic (exact) mass is 461 g/mol. The molecule has 4 aromatic rings. The van der Waals surface area contributed by atoms with Crippen LogP contribution in [0.15, 0.2) is 82.2 Å². The third kappa shape index (κ3) is 4.52. The van der Waals surface area contributed by atoms with Crippen LogP contribution in [-0.4, -0.2) is 19.4 Å². The Morgan fingerprint density at radius 2 is 1.78 bits per heavy atom. The summed E-state index contributed by atoms with van der Waals surface area (Å²) in [7, 11) is -2.65. The average molecular weight is 462 g/mol. The highest BCUT2D eigenvalue weighted by Gasteiger charge is 2.19. The Morgan fingerprint density at radius 3 is 2.47 bits per heavy atom. The van der Waals surface area contributed by atoms with Gasteiger partial charge in [0.15, 0.2) is 5.82 Å². The fraction of sp³-hybridized carbons (Fsp3) is 0.231. The number of pyridine rings is 1. The van der Waals surface area contributed by atoms with Crippen LogP contribution in [0.3, 0.4) is 0 Å². The molecule has 0 radical (unpaired) electrons. The van der Waals surface area contributed by atoms with Gasteiger partial charge in [-0.2, -0.15) is 4.36 Å². The molecule has 0 saturated heterocycles. The lowest BCUT2D eigenvalue weighted by atomic mass is 10.1. The molecule has 2 aromatic heterocycles. The van der Waals surface area contributed by atoms with Crippen LogP contribution in [0, 0.1) is 6.92 Å². The molecule has 0 fully saturated rings. The van der Waals surface area contributed by atoms with Gasteiger partial charge in [-0.25, -0.2) is 14.2 Å². The SMILES string of the molecule is CCc1nc(-c2cccc(C)c2)c(-c2ccnc(N=S(=O)(c3ccccc3)C(C)C)c2)s1. The lowest BCUT2D eigenvalue weighted by Crippen LogP contribution is -2.13. The van der Waals surface area contributed by atoms with E-state index in [1.165, 1.54) is 5.56 Å². The Kier molecular flexibility index (Phi) is 6.53. The highest BCUT2D eigenvalue weighted by Crippen LogP contribution is 2.38. The molecule has 2 heterocycles. The average Bonchev–Trinajstić information content (AvgIpc) is 3.24. The van der Waals surface area contributed by atoms with E-state index in [0.29, 0.717) is 5.82 Å². The number of aromatic nitrogens is 2.